The van der Waals surface area contributed by atoms with Gasteiger partial charge in [0, 0.05) is 26.1 Å². The molecule has 23 heavy (non-hydrogen) atoms. The summed E-state index contributed by atoms with van der Waals surface area (Å²) in [4.78, 5) is 26.1. The van der Waals surface area contributed by atoms with Crippen LogP contribution in [0.3, 0.4) is 0 Å². The van der Waals surface area contributed by atoms with Crippen molar-refractivity contribution in [2.45, 2.75) is 33.2 Å². The molecule has 1 aliphatic rings. The van der Waals surface area contributed by atoms with Crippen LogP contribution in [0.1, 0.15) is 32.3 Å². The summed E-state index contributed by atoms with van der Waals surface area (Å²) in [6.45, 7) is 5.94. The molecule has 1 saturated heterocycles. The quantitative estimate of drug-likeness (QED) is 0.838. The standard InChI is InChI=1S/C18H26N2O3/c1-13(2)7-8-19-18(22)15-10-17(21)20(12-15)11-14-5-4-6-16(9-14)23-3/h4-6,9,13,15H,7-8,10-12H2,1-3H3,(H,19,22). The number of hydrogen-bond acceptors (Lipinski definition) is 3. The normalized spacial score (nSPS) is 17.7. The summed E-state index contributed by atoms with van der Waals surface area (Å²) in [5, 5.41) is 2.94. The molecule has 1 atom stereocenters. The molecule has 5 heteroatoms. The van der Waals surface area contributed by atoms with E-state index in [1.54, 1.807) is 12.0 Å². The van der Waals surface area contributed by atoms with Crippen LogP contribution in [0.2, 0.25) is 0 Å². The second kappa shape index (κ2) is 7.99. The number of carbonyl (C=O) groups excluding carboxylic acids is 2. The van der Waals surface area contributed by atoms with Gasteiger partial charge in [0.15, 0.2) is 0 Å². The van der Waals surface area contributed by atoms with Crippen molar-refractivity contribution in [3.8, 4) is 5.75 Å². The van der Waals surface area contributed by atoms with E-state index >= 15 is 0 Å². The molecule has 1 heterocycles. The molecule has 0 spiro atoms. The summed E-state index contributed by atoms with van der Waals surface area (Å²) >= 11 is 0. The molecule has 1 N–H and O–H groups in total. The third-order valence-corrected chi connectivity index (χ3v) is 4.11. The molecule has 0 aromatic heterocycles. The van der Waals surface area contributed by atoms with E-state index in [9.17, 15) is 9.59 Å². The number of amides is 2. The van der Waals surface area contributed by atoms with Crippen molar-refractivity contribution in [2.75, 3.05) is 20.2 Å². The Morgan fingerprint density at radius 3 is 2.91 bits per heavy atom. The Hall–Kier alpha value is -2.04. The number of rotatable bonds is 7. The molecule has 126 valence electrons. The summed E-state index contributed by atoms with van der Waals surface area (Å²) in [5.41, 5.74) is 1.01. The van der Waals surface area contributed by atoms with Crippen molar-refractivity contribution in [3.63, 3.8) is 0 Å². The van der Waals surface area contributed by atoms with Crippen molar-refractivity contribution in [3.05, 3.63) is 29.8 Å². The molecule has 0 aliphatic carbocycles. The molecule has 2 rings (SSSR count). The molecule has 1 unspecified atom stereocenters. The molecule has 1 aromatic rings. The average Bonchev–Trinajstić information content (AvgIpc) is 2.88. The molecule has 5 nitrogen and oxygen atoms in total. The Labute approximate surface area is 138 Å². The second-order valence-electron chi connectivity index (χ2n) is 6.50. The topological polar surface area (TPSA) is 58.6 Å². The van der Waals surface area contributed by atoms with Crippen molar-refractivity contribution in [2.24, 2.45) is 11.8 Å². The molecule has 1 aromatic carbocycles. The lowest BCUT2D eigenvalue weighted by Gasteiger charge is -2.17. The largest absolute Gasteiger partial charge is 0.497 e. The molecular weight excluding hydrogens is 292 g/mol. The smallest absolute Gasteiger partial charge is 0.225 e. The van der Waals surface area contributed by atoms with Gasteiger partial charge in [0.2, 0.25) is 11.8 Å². The van der Waals surface area contributed by atoms with E-state index in [2.05, 4.69) is 19.2 Å². The van der Waals surface area contributed by atoms with E-state index in [1.807, 2.05) is 24.3 Å². The molecule has 0 saturated carbocycles. The van der Waals surface area contributed by atoms with Crippen molar-refractivity contribution in [1.29, 1.82) is 0 Å². The van der Waals surface area contributed by atoms with E-state index in [0.29, 0.717) is 32.0 Å². The number of hydrogen-bond donors (Lipinski definition) is 1. The van der Waals surface area contributed by atoms with Gasteiger partial charge in [-0.3, -0.25) is 9.59 Å². The van der Waals surface area contributed by atoms with Crippen LogP contribution in [0, 0.1) is 11.8 Å². The van der Waals surface area contributed by atoms with Gasteiger partial charge in [0.25, 0.3) is 0 Å². The van der Waals surface area contributed by atoms with E-state index in [1.165, 1.54) is 0 Å². The molecule has 0 radical (unpaired) electrons. The zero-order valence-corrected chi connectivity index (χ0v) is 14.2. The van der Waals surface area contributed by atoms with E-state index in [0.717, 1.165) is 17.7 Å². The number of nitrogens with one attached hydrogen (secondary N) is 1. The van der Waals surface area contributed by atoms with Gasteiger partial charge in [-0.05, 0) is 30.0 Å². The molecule has 2 amide bonds. The van der Waals surface area contributed by atoms with Gasteiger partial charge in [-0.2, -0.15) is 0 Å². The Bertz CT molecular complexity index is 557. The Balaban J connectivity index is 1.88. The number of carbonyl (C=O) groups is 2. The van der Waals surface area contributed by atoms with E-state index < -0.39 is 0 Å². The monoisotopic (exact) mass is 318 g/mol. The summed E-state index contributed by atoms with van der Waals surface area (Å²) in [6.07, 6.45) is 1.26. The lowest BCUT2D eigenvalue weighted by molar-refractivity contribution is -0.129. The van der Waals surface area contributed by atoms with E-state index in [4.69, 9.17) is 4.74 Å². The minimum absolute atomic E-state index is 0.00728. The lowest BCUT2D eigenvalue weighted by Crippen LogP contribution is -2.33. The highest BCUT2D eigenvalue weighted by Crippen LogP contribution is 2.22. The van der Waals surface area contributed by atoms with Gasteiger partial charge < -0.3 is 15.0 Å². The third-order valence-electron chi connectivity index (χ3n) is 4.11. The second-order valence-corrected chi connectivity index (χ2v) is 6.50. The van der Waals surface area contributed by atoms with Crippen molar-refractivity contribution in [1.82, 2.24) is 10.2 Å². The number of benzene rings is 1. The maximum atomic E-state index is 12.2. The lowest BCUT2D eigenvalue weighted by atomic mass is 10.1. The molecular formula is C18H26N2O3. The predicted octanol–water partition coefficient (Wildman–Crippen LogP) is 2.21. The summed E-state index contributed by atoms with van der Waals surface area (Å²) in [6, 6.07) is 7.67. The molecule has 1 aliphatic heterocycles. The van der Waals surface area contributed by atoms with Crippen LogP contribution < -0.4 is 10.1 Å². The molecule has 1 fully saturated rings. The van der Waals surface area contributed by atoms with Crippen LogP contribution in [0.5, 0.6) is 5.75 Å². The van der Waals surface area contributed by atoms with Gasteiger partial charge in [-0.25, -0.2) is 0 Å². The van der Waals surface area contributed by atoms with Crippen LogP contribution in [0.15, 0.2) is 24.3 Å². The summed E-state index contributed by atoms with van der Waals surface area (Å²) in [7, 11) is 1.62. The fourth-order valence-corrected chi connectivity index (χ4v) is 2.72. The first-order valence-electron chi connectivity index (χ1n) is 8.18. The predicted molar refractivity (Wildman–Crippen MR) is 89.0 cm³/mol. The van der Waals surface area contributed by atoms with Gasteiger partial charge in [0.05, 0.1) is 13.0 Å². The number of likely N-dealkylation sites (tertiary alicyclic amines) is 1. The van der Waals surface area contributed by atoms with Gasteiger partial charge in [-0.1, -0.05) is 26.0 Å². The highest BCUT2D eigenvalue weighted by atomic mass is 16.5. The first-order valence-corrected chi connectivity index (χ1v) is 8.18. The first kappa shape index (κ1) is 17.3. The van der Waals surface area contributed by atoms with Gasteiger partial charge >= 0.3 is 0 Å². The first-order chi connectivity index (χ1) is 11.0. The number of ether oxygens (including phenoxy) is 1. The van der Waals surface area contributed by atoms with Gasteiger partial charge in [0.1, 0.15) is 5.75 Å². The van der Waals surface area contributed by atoms with Crippen LogP contribution in [0.4, 0.5) is 0 Å². The SMILES string of the molecule is COc1cccc(CN2CC(C(=O)NCCC(C)C)CC2=O)c1. The fraction of sp³-hybridized carbons (Fsp3) is 0.556. The average molecular weight is 318 g/mol. The van der Waals surface area contributed by atoms with Crippen molar-refractivity contribution < 1.29 is 14.3 Å². The van der Waals surface area contributed by atoms with Gasteiger partial charge in [-0.15, -0.1) is 0 Å². The van der Waals surface area contributed by atoms with Crippen LogP contribution in [0.25, 0.3) is 0 Å². The highest BCUT2D eigenvalue weighted by molar-refractivity contribution is 5.89. The van der Waals surface area contributed by atoms with E-state index in [-0.39, 0.29) is 17.7 Å². The van der Waals surface area contributed by atoms with Crippen LogP contribution >= 0.6 is 0 Å². The maximum absolute atomic E-state index is 12.2. The zero-order chi connectivity index (χ0) is 16.8. The number of nitrogens with zero attached hydrogens (tertiary/aromatic N) is 1. The summed E-state index contributed by atoms with van der Waals surface area (Å²) < 4.78 is 5.20. The minimum Gasteiger partial charge on any atom is -0.497 e. The maximum Gasteiger partial charge on any atom is 0.225 e. The highest BCUT2D eigenvalue weighted by Gasteiger charge is 2.34. The Kier molecular flexibility index (Phi) is 6.02. The Morgan fingerprint density at radius 1 is 1.43 bits per heavy atom. The third kappa shape index (κ3) is 4.98. The minimum atomic E-state index is -0.236. The van der Waals surface area contributed by atoms with Crippen molar-refractivity contribution >= 4 is 11.8 Å². The van der Waals surface area contributed by atoms with Crippen LogP contribution in [-0.4, -0.2) is 36.9 Å². The fourth-order valence-electron chi connectivity index (χ4n) is 2.72. The summed E-state index contributed by atoms with van der Waals surface area (Å²) in [5.74, 6) is 1.13. The molecule has 0 bridgehead atoms. The Morgan fingerprint density at radius 2 is 2.22 bits per heavy atom. The van der Waals surface area contributed by atoms with Crippen LogP contribution in [-0.2, 0) is 16.1 Å². The number of methoxy groups -OCH3 is 1. The zero-order valence-electron chi connectivity index (χ0n) is 14.2.